The molecule has 5 heteroatoms. The molecule has 0 radical (unpaired) electrons. The lowest BCUT2D eigenvalue weighted by molar-refractivity contribution is 0.486. The van der Waals surface area contributed by atoms with E-state index in [1.165, 1.54) is 6.07 Å². The maximum absolute atomic E-state index is 12.4. The third kappa shape index (κ3) is 1.18. The summed E-state index contributed by atoms with van der Waals surface area (Å²) in [6.45, 7) is -0.698. The Kier molecular flexibility index (Phi) is 1.77. The van der Waals surface area contributed by atoms with Gasteiger partial charge in [-0.15, -0.1) is 4.91 Å². The second-order valence-corrected chi connectivity index (χ2v) is 2.66. The van der Waals surface area contributed by atoms with Gasteiger partial charge in [0.05, 0.1) is 11.7 Å². The van der Waals surface area contributed by atoms with E-state index in [1.807, 2.05) is 0 Å². The maximum Gasteiger partial charge on any atom is 0.117 e. The molecule has 0 saturated carbocycles. The molecule has 66 valence electrons. The Morgan fingerprint density at radius 3 is 3.08 bits per heavy atom. The molecule has 0 atom stereocenters. The van der Waals surface area contributed by atoms with Crippen LogP contribution in [0.15, 0.2) is 23.5 Å². The molecular weight excluding hydrogens is 173 g/mol. The van der Waals surface area contributed by atoms with Gasteiger partial charge in [0, 0.05) is 10.9 Å². The molecule has 0 bridgehead atoms. The first-order valence-electron chi connectivity index (χ1n) is 3.70. The zero-order valence-electron chi connectivity index (χ0n) is 6.62. The van der Waals surface area contributed by atoms with Crippen molar-refractivity contribution >= 4 is 16.6 Å². The van der Waals surface area contributed by atoms with Gasteiger partial charge in [0.15, 0.2) is 0 Å². The summed E-state index contributed by atoms with van der Waals surface area (Å²) in [6, 6.07) is 3.06. The van der Waals surface area contributed by atoms with Crippen LogP contribution < -0.4 is 0 Å². The summed E-state index contributed by atoms with van der Waals surface area (Å²) in [6.07, 6.45) is 1.56. The standard InChI is InChI=1S/C8H6FN3O/c9-3-5-1-7-6(4-10-11-7)2-8(5)12-13/h1-2,4H,3H2,(H,10,11). The molecule has 0 spiro atoms. The minimum Gasteiger partial charge on any atom is -0.278 e. The lowest BCUT2D eigenvalue weighted by atomic mass is 10.1. The number of rotatable bonds is 2. The normalized spacial score (nSPS) is 10.5. The Morgan fingerprint density at radius 1 is 1.54 bits per heavy atom. The van der Waals surface area contributed by atoms with Crippen molar-refractivity contribution in [1.82, 2.24) is 10.2 Å². The molecule has 0 aliphatic carbocycles. The second kappa shape index (κ2) is 2.93. The number of alkyl halides is 1. The number of nitrogens with one attached hydrogen (secondary N) is 1. The van der Waals surface area contributed by atoms with Gasteiger partial charge in [-0.05, 0) is 17.3 Å². The smallest absolute Gasteiger partial charge is 0.117 e. The molecule has 0 amide bonds. The van der Waals surface area contributed by atoms with Gasteiger partial charge in [-0.3, -0.25) is 5.10 Å². The van der Waals surface area contributed by atoms with E-state index in [1.54, 1.807) is 12.3 Å². The van der Waals surface area contributed by atoms with Gasteiger partial charge in [0.2, 0.25) is 0 Å². The summed E-state index contributed by atoms with van der Waals surface area (Å²) < 4.78 is 12.4. The molecule has 0 aliphatic rings. The second-order valence-electron chi connectivity index (χ2n) is 2.66. The number of nitroso groups, excluding NO2 is 1. The molecule has 1 N–H and O–H groups in total. The van der Waals surface area contributed by atoms with Crippen molar-refractivity contribution in [1.29, 1.82) is 0 Å². The Morgan fingerprint density at radius 2 is 2.38 bits per heavy atom. The number of H-pyrrole nitrogens is 1. The first-order valence-corrected chi connectivity index (χ1v) is 3.70. The number of aromatic amines is 1. The fourth-order valence-corrected chi connectivity index (χ4v) is 1.22. The van der Waals surface area contributed by atoms with Gasteiger partial charge in [-0.2, -0.15) is 5.10 Å². The number of hydrogen-bond acceptors (Lipinski definition) is 3. The summed E-state index contributed by atoms with van der Waals surface area (Å²) in [7, 11) is 0. The van der Waals surface area contributed by atoms with E-state index in [-0.39, 0.29) is 11.3 Å². The molecule has 4 nitrogen and oxygen atoms in total. The Labute approximate surface area is 72.7 Å². The third-order valence-corrected chi connectivity index (χ3v) is 1.88. The van der Waals surface area contributed by atoms with Crippen LogP contribution in [0.25, 0.3) is 10.9 Å². The average molecular weight is 179 g/mol. The summed E-state index contributed by atoms with van der Waals surface area (Å²) in [5.74, 6) is 0. The largest absolute Gasteiger partial charge is 0.278 e. The van der Waals surface area contributed by atoms with Crippen molar-refractivity contribution in [2.75, 3.05) is 0 Å². The lowest BCUT2D eigenvalue weighted by Crippen LogP contribution is -1.80. The molecular formula is C8H6FN3O. The predicted molar refractivity (Wildman–Crippen MR) is 46.4 cm³/mol. The van der Waals surface area contributed by atoms with Gasteiger partial charge in [-0.25, -0.2) is 4.39 Å². The van der Waals surface area contributed by atoms with Crippen molar-refractivity contribution in [3.63, 3.8) is 0 Å². The van der Waals surface area contributed by atoms with Crippen molar-refractivity contribution in [3.8, 4) is 0 Å². The number of benzene rings is 1. The van der Waals surface area contributed by atoms with Crippen LogP contribution in [-0.2, 0) is 6.67 Å². The van der Waals surface area contributed by atoms with Crippen LogP contribution >= 0.6 is 0 Å². The summed E-state index contributed by atoms with van der Waals surface area (Å²) >= 11 is 0. The highest BCUT2D eigenvalue weighted by molar-refractivity contribution is 5.82. The fourth-order valence-electron chi connectivity index (χ4n) is 1.22. The molecule has 2 aromatic rings. The third-order valence-electron chi connectivity index (χ3n) is 1.88. The minimum absolute atomic E-state index is 0.136. The summed E-state index contributed by atoms with van der Waals surface area (Å²) in [4.78, 5) is 10.3. The van der Waals surface area contributed by atoms with E-state index in [0.717, 1.165) is 5.39 Å². The highest BCUT2D eigenvalue weighted by Crippen LogP contribution is 2.25. The van der Waals surface area contributed by atoms with Gasteiger partial charge in [0.1, 0.15) is 12.4 Å². The molecule has 13 heavy (non-hydrogen) atoms. The van der Waals surface area contributed by atoms with E-state index >= 15 is 0 Å². The Bertz CT molecular complexity index is 452. The van der Waals surface area contributed by atoms with Crippen LogP contribution in [0.2, 0.25) is 0 Å². The van der Waals surface area contributed by atoms with E-state index in [4.69, 9.17) is 0 Å². The highest BCUT2D eigenvalue weighted by atomic mass is 19.1. The number of aromatic nitrogens is 2. The van der Waals surface area contributed by atoms with Gasteiger partial charge < -0.3 is 0 Å². The molecule has 0 unspecified atom stereocenters. The Hall–Kier alpha value is -1.78. The Balaban J connectivity index is 2.73. The first-order chi connectivity index (χ1) is 6.35. The van der Waals surface area contributed by atoms with Gasteiger partial charge in [0.25, 0.3) is 0 Å². The van der Waals surface area contributed by atoms with E-state index < -0.39 is 6.67 Å². The van der Waals surface area contributed by atoms with E-state index in [2.05, 4.69) is 15.4 Å². The zero-order chi connectivity index (χ0) is 9.26. The van der Waals surface area contributed by atoms with E-state index in [0.29, 0.717) is 5.52 Å². The summed E-state index contributed by atoms with van der Waals surface area (Å²) in [5.41, 5.74) is 1.13. The lowest BCUT2D eigenvalue weighted by Gasteiger charge is -1.97. The van der Waals surface area contributed by atoms with E-state index in [9.17, 15) is 9.30 Å². The van der Waals surface area contributed by atoms with Crippen LogP contribution in [0.5, 0.6) is 0 Å². The molecule has 0 saturated heterocycles. The molecule has 0 aliphatic heterocycles. The SMILES string of the molecule is O=Nc1cc2cn[nH]c2cc1CF. The van der Waals surface area contributed by atoms with Crippen LogP contribution in [0.4, 0.5) is 10.1 Å². The maximum atomic E-state index is 12.4. The molecule has 1 heterocycles. The fraction of sp³-hybridized carbons (Fsp3) is 0.125. The van der Waals surface area contributed by atoms with Crippen molar-refractivity contribution in [2.45, 2.75) is 6.67 Å². The number of hydrogen-bond donors (Lipinski definition) is 1. The van der Waals surface area contributed by atoms with Crippen LogP contribution in [0, 0.1) is 4.91 Å². The van der Waals surface area contributed by atoms with Gasteiger partial charge in [-0.1, -0.05) is 0 Å². The van der Waals surface area contributed by atoms with Crippen LogP contribution in [-0.4, -0.2) is 10.2 Å². The number of halogens is 1. The topological polar surface area (TPSA) is 58.1 Å². The highest BCUT2D eigenvalue weighted by Gasteiger charge is 2.05. The predicted octanol–water partition coefficient (Wildman–Crippen LogP) is 2.43. The monoisotopic (exact) mass is 179 g/mol. The van der Waals surface area contributed by atoms with Gasteiger partial charge >= 0.3 is 0 Å². The quantitative estimate of drug-likeness (QED) is 0.719. The first kappa shape index (κ1) is 7.85. The summed E-state index contributed by atoms with van der Waals surface area (Å²) in [5, 5.41) is 9.94. The number of nitrogens with zero attached hydrogens (tertiary/aromatic N) is 2. The molecule has 1 aromatic heterocycles. The minimum atomic E-state index is -0.698. The molecule has 0 fully saturated rings. The van der Waals surface area contributed by atoms with Crippen molar-refractivity contribution in [2.24, 2.45) is 5.18 Å². The van der Waals surface area contributed by atoms with Crippen LogP contribution in [0.3, 0.4) is 0 Å². The number of fused-ring (bicyclic) bond motifs is 1. The van der Waals surface area contributed by atoms with Crippen molar-refractivity contribution < 1.29 is 4.39 Å². The molecule has 1 aromatic carbocycles. The van der Waals surface area contributed by atoms with Crippen LogP contribution in [0.1, 0.15) is 5.56 Å². The average Bonchev–Trinajstić information content (AvgIpc) is 2.62. The zero-order valence-corrected chi connectivity index (χ0v) is 6.62. The molecule has 2 rings (SSSR count). The van der Waals surface area contributed by atoms with Crippen molar-refractivity contribution in [3.05, 3.63) is 28.8 Å².